The van der Waals surface area contributed by atoms with Crippen LogP contribution in [-0.2, 0) is 9.47 Å². The van der Waals surface area contributed by atoms with Gasteiger partial charge in [-0.05, 0) is 32.4 Å². The van der Waals surface area contributed by atoms with Crippen molar-refractivity contribution < 1.29 is 14.6 Å². The van der Waals surface area contributed by atoms with Crippen LogP contribution >= 0.6 is 0 Å². The first-order chi connectivity index (χ1) is 9.71. The topological polar surface area (TPSA) is 41.9 Å². The average molecular weight is 285 g/mol. The van der Waals surface area contributed by atoms with E-state index >= 15 is 0 Å². The maximum Gasteiger partial charge on any atom is 0.170 e. The minimum atomic E-state index is -0.402. The Hall–Kier alpha value is -0.160. The van der Waals surface area contributed by atoms with E-state index in [-0.39, 0.29) is 12.1 Å². The van der Waals surface area contributed by atoms with Crippen molar-refractivity contribution >= 4 is 0 Å². The van der Waals surface area contributed by atoms with Gasteiger partial charge >= 0.3 is 0 Å². The molecule has 0 aromatic carbocycles. The Morgan fingerprint density at radius 1 is 1.10 bits per heavy atom. The summed E-state index contributed by atoms with van der Waals surface area (Å²) in [6, 6.07) is 0.194. The van der Waals surface area contributed by atoms with E-state index in [0.29, 0.717) is 13.2 Å². The molecule has 2 rings (SSSR count). The van der Waals surface area contributed by atoms with Crippen molar-refractivity contribution in [2.75, 3.05) is 26.3 Å². The minimum absolute atomic E-state index is 0.194. The molecule has 1 N–H and O–H groups in total. The highest BCUT2D eigenvalue weighted by Gasteiger charge is 2.46. The second-order valence-corrected chi connectivity index (χ2v) is 6.23. The minimum Gasteiger partial charge on any atom is -0.391 e. The van der Waals surface area contributed by atoms with Gasteiger partial charge in [-0.25, -0.2) is 0 Å². The summed E-state index contributed by atoms with van der Waals surface area (Å²) in [5.41, 5.74) is 0. The van der Waals surface area contributed by atoms with Crippen LogP contribution in [0.2, 0.25) is 0 Å². The Balaban J connectivity index is 1.99. The number of nitrogens with zero attached hydrogens (tertiary/aromatic N) is 1. The van der Waals surface area contributed by atoms with E-state index in [0.717, 1.165) is 32.4 Å². The third-order valence-electron chi connectivity index (χ3n) is 4.67. The Bertz CT molecular complexity index is 271. The molecule has 2 fully saturated rings. The number of unbranched alkanes of at least 4 members (excludes halogenated alkanes) is 2. The van der Waals surface area contributed by atoms with Gasteiger partial charge in [-0.15, -0.1) is 0 Å². The van der Waals surface area contributed by atoms with Crippen LogP contribution in [-0.4, -0.2) is 54.2 Å². The Morgan fingerprint density at radius 3 is 2.25 bits per heavy atom. The maximum absolute atomic E-state index is 10.4. The zero-order valence-corrected chi connectivity index (χ0v) is 13.1. The molecule has 2 aliphatic rings. The summed E-state index contributed by atoms with van der Waals surface area (Å²) in [4.78, 5) is 2.48. The normalized spacial score (nSPS) is 29.4. The van der Waals surface area contributed by atoms with E-state index < -0.39 is 5.79 Å². The fourth-order valence-electron chi connectivity index (χ4n) is 3.41. The van der Waals surface area contributed by atoms with E-state index in [9.17, 15) is 5.11 Å². The van der Waals surface area contributed by atoms with Gasteiger partial charge in [0.2, 0.25) is 0 Å². The molecule has 1 aliphatic heterocycles. The molecule has 1 spiro atoms. The molecular formula is C16H31NO3. The lowest BCUT2D eigenvalue weighted by atomic mass is 9.86. The van der Waals surface area contributed by atoms with Gasteiger partial charge in [-0.1, -0.05) is 26.7 Å². The zero-order valence-electron chi connectivity index (χ0n) is 13.1. The molecule has 0 aromatic rings. The molecule has 2 unspecified atom stereocenters. The number of aliphatic hydroxyl groups excluding tert-OH is 1. The molecule has 0 bridgehead atoms. The van der Waals surface area contributed by atoms with Crippen molar-refractivity contribution in [1.29, 1.82) is 0 Å². The quantitative estimate of drug-likeness (QED) is 0.780. The molecular weight excluding hydrogens is 254 g/mol. The van der Waals surface area contributed by atoms with Crippen LogP contribution in [0.15, 0.2) is 0 Å². The lowest BCUT2D eigenvalue weighted by Crippen LogP contribution is -2.53. The third-order valence-corrected chi connectivity index (χ3v) is 4.67. The molecule has 1 saturated carbocycles. The van der Waals surface area contributed by atoms with Gasteiger partial charge in [0, 0.05) is 18.9 Å². The van der Waals surface area contributed by atoms with Crippen LogP contribution < -0.4 is 0 Å². The maximum atomic E-state index is 10.4. The predicted molar refractivity (Wildman–Crippen MR) is 79.7 cm³/mol. The third kappa shape index (κ3) is 3.94. The molecule has 20 heavy (non-hydrogen) atoms. The molecule has 0 amide bonds. The molecule has 2 atom stereocenters. The smallest absolute Gasteiger partial charge is 0.170 e. The molecule has 0 radical (unpaired) electrons. The summed E-state index contributed by atoms with van der Waals surface area (Å²) < 4.78 is 11.7. The molecule has 1 aliphatic carbocycles. The van der Waals surface area contributed by atoms with Crippen LogP contribution in [0.1, 0.15) is 58.8 Å². The SMILES string of the molecule is CCCCN(CCCC)C1CC2(CCC1O)OCCO2. The number of aliphatic hydroxyl groups is 1. The second-order valence-electron chi connectivity index (χ2n) is 6.23. The van der Waals surface area contributed by atoms with Gasteiger partial charge in [-0.3, -0.25) is 4.90 Å². The van der Waals surface area contributed by atoms with Crippen LogP contribution in [0.25, 0.3) is 0 Å². The molecule has 0 aromatic heterocycles. The van der Waals surface area contributed by atoms with E-state index in [4.69, 9.17) is 9.47 Å². The number of rotatable bonds is 7. The molecule has 1 saturated heterocycles. The van der Waals surface area contributed by atoms with Crippen molar-refractivity contribution in [1.82, 2.24) is 4.90 Å². The van der Waals surface area contributed by atoms with Crippen molar-refractivity contribution in [2.45, 2.75) is 76.7 Å². The van der Waals surface area contributed by atoms with Gasteiger partial charge < -0.3 is 14.6 Å². The van der Waals surface area contributed by atoms with Crippen molar-refractivity contribution in [3.8, 4) is 0 Å². The van der Waals surface area contributed by atoms with E-state index in [1.807, 2.05) is 0 Å². The number of ether oxygens (including phenoxy) is 2. The van der Waals surface area contributed by atoms with Crippen LogP contribution in [0, 0.1) is 0 Å². The first-order valence-electron chi connectivity index (χ1n) is 8.41. The van der Waals surface area contributed by atoms with Crippen LogP contribution in [0.3, 0.4) is 0 Å². The van der Waals surface area contributed by atoms with E-state index in [1.165, 1.54) is 25.7 Å². The van der Waals surface area contributed by atoms with Crippen molar-refractivity contribution in [3.63, 3.8) is 0 Å². The highest BCUT2D eigenvalue weighted by Crippen LogP contribution is 2.38. The summed E-state index contributed by atoms with van der Waals surface area (Å²) in [5, 5.41) is 10.4. The molecule has 4 heteroatoms. The summed E-state index contributed by atoms with van der Waals surface area (Å²) >= 11 is 0. The molecule has 1 heterocycles. The monoisotopic (exact) mass is 285 g/mol. The van der Waals surface area contributed by atoms with Gasteiger partial charge in [0.05, 0.1) is 19.3 Å². The Labute approximate surface area is 123 Å². The van der Waals surface area contributed by atoms with Crippen LogP contribution in [0.5, 0.6) is 0 Å². The summed E-state index contributed by atoms with van der Waals surface area (Å²) in [7, 11) is 0. The number of hydrogen-bond acceptors (Lipinski definition) is 4. The average Bonchev–Trinajstić information content (AvgIpc) is 2.91. The summed E-state index contributed by atoms with van der Waals surface area (Å²) in [6.07, 6.45) is 7.00. The van der Waals surface area contributed by atoms with Crippen molar-refractivity contribution in [3.05, 3.63) is 0 Å². The largest absolute Gasteiger partial charge is 0.391 e. The van der Waals surface area contributed by atoms with Crippen LogP contribution in [0.4, 0.5) is 0 Å². The Morgan fingerprint density at radius 2 is 1.70 bits per heavy atom. The lowest BCUT2D eigenvalue weighted by Gasteiger charge is -2.44. The van der Waals surface area contributed by atoms with Gasteiger partial charge in [-0.2, -0.15) is 0 Å². The summed E-state index contributed by atoms with van der Waals surface area (Å²) in [5.74, 6) is -0.402. The molecule has 4 nitrogen and oxygen atoms in total. The number of hydrogen-bond donors (Lipinski definition) is 1. The Kier molecular flexibility index (Phi) is 6.27. The van der Waals surface area contributed by atoms with E-state index in [2.05, 4.69) is 18.7 Å². The van der Waals surface area contributed by atoms with Crippen molar-refractivity contribution in [2.24, 2.45) is 0 Å². The predicted octanol–water partition coefficient (Wildman–Crippen LogP) is 2.55. The van der Waals surface area contributed by atoms with Gasteiger partial charge in [0.25, 0.3) is 0 Å². The highest BCUT2D eigenvalue weighted by molar-refractivity contribution is 4.93. The second kappa shape index (κ2) is 7.74. The van der Waals surface area contributed by atoms with Gasteiger partial charge in [0.1, 0.15) is 0 Å². The molecule has 118 valence electrons. The fourth-order valence-corrected chi connectivity index (χ4v) is 3.41. The lowest BCUT2D eigenvalue weighted by molar-refractivity contribution is -0.205. The fraction of sp³-hybridized carbons (Fsp3) is 1.00. The summed E-state index contributed by atoms with van der Waals surface area (Å²) in [6.45, 7) is 8.00. The standard InChI is InChI=1S/C16H31NO3/c1-3-5-9-17(10-6-4-2)14-13-16(8-7-15(14)18)19-11-12-20-16/h14-15,18H,3-13H2,1-2H3. The highest BCUT2D eigenvalue weighted by atomic mass is 16.7. The first-order valence-corrected chi connectivity index (χ1v) is 8.41. The first kappa shape index (κ1) is 16.2. The van der Waals surface area contributed by atoms with E-state index in [1.54, 1.807) is 0 Å². The van der Waals surface area contributed by atoms with Gasteiger partial charge in [0.15, 0.2) is 5.79 Å². The zero-order chi connectivity index (χ0) is 14.4.